The normalized spacial score (nSPS) is 17.3. The molecule has 2 rings (SSSR count). The van der Waals surface area contributed by atoms with Crippen molar-refractivity contribution in [1.29, 1.82) is 0 Å². The Labute approximate surface area is 149 Å². The summed E-state index contributed by atoms with van der Waals surface area (Å²) in [5, 5.41) is 2.80. The van der Waals surface area contributed by atoms with Crippen molar-refractivity contribution in [2.24, 2.45) is 5.92 Å². The van der Waals surface area contributed by atoms with E-state index in [0.717, 1.165) is 0 Å². The zero-order valence-corrected chi connectivity index (χ0v) is 15.7. The maximum Gasteiger partial charge on any atom is 0.260 e. The lowest BCUT2D eigenvalue weighted by Gasteiger charge is -2.26. The average molecular weight is 370 g/mol. The maximum atomic E-state index is 12.5. The van der Waals surface area contributed by atoms with Gasteiger partial charge in [-0.1, -0.05) is 13.8 Å². The molecule has 7 nitrogen and oxygen atoms in total. The van der Waals surface area contributed by atoms with Crippen LogP contribution in [0.25, 0.3) is 0 Å². The highest BCUT2D eigenvalue weighted by Crippen LogP contribution is 2.21. The first-order valence-corrected chi connectivity index (χ1v) is 9.87. The van der Waals surface area contributed by atoms with Crippen LogP contribution in [0.4, 0.5) is 0 Å². The molecule has 1 saturated heterocycles. The third-order valence-corrected chi connectivity index (χ3v) is 5.71. The molecule has 25 heavy (non-hydrogen) atoms. The van der Waals surface area contributed by atoms with Crippen LogP contribution < -0.4 is 10.1 Å². The molecule has 1 aromatic rings. The summed E-state index contributed by atoms with van der Waals surface area (Å²) in [5.74, 6) is 0.618. The first-order valence-electron chi connectivity index (χ1n) is 8.43. The van der Waals surface area contributed by atoms with Gasteiger partial charge in [-0.3, -0.25) is 4.79 Å². The Bertz CT molecular complexity index is 667. The predicted octanol–water partition coefficient (Wildman–Crippen LogP) is 1.25. The molecule has 8 heteroatoms. The Morgan fingerprint density at radius 3 is 2.36 bits per heavy atom. The van der Waals surface area contributed by atoms with Crippen LogP contribution in [0.3, 0.4) is 0 Å². The highest BCUT2D eigenvalue weighted by molar-refractivity contribution is 7.89. The topological polar surface area (TPSA) is 84.9 Å². The number of ether oxygens (including phenoxy) is 2. The second kappa shape index (κ2) is 8.64. The van der Waals surface area contributed by atoms with Crippen LogP contribution >= 0.6 is 0 Å². The Kier molecular flexibility index (Phi) is 6.80. The number of benzene rings is 1. The minimum absolute atomic E-state index is 0.196. The number of nitrogens with zero attached hydrogens (tertiary/aromatic N) is 1. The molecule has 0 bridgehead atoms. The molecular formula is C17H26N2O5S. The number of carbonyl (C=O) groups excluding carboxylic acids is 1. The van der Waals surface area contributed by atoms with E-state index in [1.807, 2.05) is 13.8 Å². The van der Waals surface area contributed by atoms with Crippen molar-refractivity contribution < 1.29 is 22.7 Å². The molecule has 1 aliphatic heterocycles. The van der Waals surface area contributed by atoms with Gasteiger partial charge in [0.1, 0.15) is 5.75 Å². The predicted molar refractivity (Wildman–Crippen MR) is 94.0 cm³/mol. The number of morpholine rings is 1. The van der Waals surface area contributed by atoms with Gasteiger partial charge in [-0.15, -0.1) is 0 Å². The molecule has 1 N–H and O–H groups in total. The van der Waals surface area contributed by atoms with Crippen molar-refractivity contribution in [3.05, 3.63) is 24.3 Å². The summed E-state index contributed by atoms with van der Waals surface area (Å²) >= 11 is 0. The third kappa shape index (κ3) is 5.42. The van der Waals surface area contributed by atoms with Crippen molar-refractivity contribution in [1.82, 2.24) is 9.62 Å². The molecule has 0 aromatic heterocycles. The molecule has 0 spiro atoms. The van der Waals surface area contributed by atoms with Crippen LogP contribution in [0.2, 0.25) is 0 Å². The lowest BCUT2D eigenvalue weighted by Crippen LogP contribution is -2.40. The van der Waals surface area contributed by atoms with Crippen molar-refractivity contribution in [3.8, 4) is 5.75 Å². The van der Waals surface area contributed by atoms with E-state index < -0.39 is 16.1 Å². The van der Waals surface area contributed by atoms with Crippen LogP contribution in [-0.4, -0.2) is 57.6 Å². The number of hydrogen-bond acceptors (Lipinski definition) is 5. The van der Waals surface area contributed by atoms with Crippen LogP contribution in [0.5, 0.6) is 5.75 Å². The molecule has 1 aliphatic rings. The summed E-state index contributed by atoms with van der Waals surface area (Å²) in [4.78, 5) is 12.1. The highest BCUT2D eigenvalue weighted by atomic mass is 32.2. The number of amides is 1. The van der Waals surface area contributed by atoms with Crippen molar-refractivity contribution in [2.45, 2.75) is 31.8 Å². The molecule has 1 aromatic carbocycles. The molecule has 0 unspecified atom stereocenters. The zero-order chi connectivity index (χ0) is 18.4. The van der Waals surface area contributed by atoms with E-state index in [1.54, 1.807) is 19.1 Å². The number of rotatable bonds is 7. The van der Waals surface area contributed by atoms with Crippen LogP contribution in [0.15, 0.2) is 29.2 Å². The Morgan fingerprint density at radius 2 is 1.80 bits per heavy atom. The fourth-order valence-corrected chi connectivity index (χ4v) is 3.74. The smallest absolute Gasteiger partial charge is 0.260 e. The summed E-state index contributed by atoms with van der Waals surface area (Å²) in [6.45, 7) is 7.80. The van der Waals surface area contributed by atoms with Crippen LogP contribution in [0, 0.1) is 5.92 Å². The standard InChI is InChI=1S/C17H26N2O5S/c1-13(2)12-18-17(20)14(3)24-15-4-6-16(7-5-15)25(21,22)19-8-10-23-11-9-19/h4-7,13-14H,8-12H2,1-3H3,(H,18,20)/t14-/m0/s1. The molecule has 140 valence electrons. The lowest BCUT2D eigenvalue weighted by atomic mass is 10.2. The van der Waals surface area contributed by atoms with E-state index in [1.165, 1.54) is 16.4 Å². The van der Waals surface area contributed by atoms with Gasteiger partial charge in [0.25, 0.3) is 5.91 Å². The highest BCUT2D eigenvalue weighted by Gasteiger charge is 2.26. The van der Waals surface area contributed by atoms with Gasteiger partial charge in [-0.2, -0.15) is 4.31 Å². The lowest BCUT2D eigenvalue weighted by molar-refractivity contribution is -0.127. The van der Waals surface area contributed by atoms with Crippen molar-refractivity contribution in [2.75, 3.05) is 32.8 Å². The van der Waals surface area contributed by atoms with Gasteiger partial charge >= 0.3 is 0 Å². The molecular weight excluding hydrogens is 344 g/mol. The van der Waals surface area contributed by atoms with Gasteiger partial charge in [0.05, 0.1) is 18.1 Å². The van der Waals surface area contributed by atoms with Gasteiger partial charge in [0.2, 0.25) is 10.0 Å². The minimum Gasteiger partial charge on any atom is -0.481 e. The number of sulfonamides is 1. The average Bonchev–Trinajstić information content (AvgIpc) is 2.60. The van der Waals surface area contributed by atoms with E-state index in [-0.39, 0.29) is 10.8 Å². The molecule has 1 amide bonds. The van der Waals surface area contributed by atoms with Crippen LogP contribution in [-0.2, 0) is 19.6 Å². The zero-order valence-electron chi connectivity index (χ0n) is 14.9. The summed E-state index contributed by atoms with van der Waals surface area (Å²) < 4.78 is 37.3. The first-order chi connectivity index (χ1) is 11.8. The summed E-state index contributed by atoms with van der Waals surface area (Å²) in [7, 11) is -3.52. The van der Waals surface area contributed by atoms with Gasteiger partial charge < -0.3 is 14.8 Å². The molecule has 0 radical (unpaired) electrons. The fourth-order valence-electron chi connectivity index (χ4n) is 2.33. The Hall–Kier alpha value is -1.64. The van der Waals surface area contributed by atoms with E-state index >= 15 is 0 Å². The van der Waals surface area contributed by atoms with Crippen LogP contribution in [0.1, 0.15) is 20.8 Å². The summed E-state index contributed by atoms with van der Waals surface area (Å²) in [6.07, 6.45) is -0.652. The van der Waals surface area contributed by atoms with Gasteiger partial charge in [0.15, 0.2) is 6.10 Å². The first kappa shape index (κ1) is 19.7. The van der Waals surface area contributed by atoms with E-state index in [2.05, 4.69) is 5.32 Å². The van der Waals surface area contributed by atoms with Gasteiger partial charge in [-0.25, -0.2) is 8.42 Å². The van der Waals surface area contributed by atoms with Crippen molar-refractivity contribution in [3.63, 3.8) is 0 Å². The van der Waals surface area contributed by atoms with Gasteiger partial charge in [0, 0.05) is 19.6 Å². The quantitative estimate of drug-likeness (QED) is 0.781. The van der Waals surface area contributed by atoms with E-state index in [4.69, 9.17) is 9.47 Å². The molecule has 0 aliphatic carbocycles. The minimum atomic E-state index is -3.52. The van der Waals surface area contributed by atoms with E-state index in [9.17, 15) is 13.2 Å². The molecule has 0 saturated carbocycles. The second-order valence-electron chi connectivity index (χ2n) is 6.39. The van der Waals surface area contributed by atoms with E-state index in [0.29, 0.717) is 44.5 Å². The Morgan fingerprint density at radius 1 is 1.20 bits per heavy atom. The number of nitrogens with one attached hydrogen (secondary N) is 1. The second-order valence-corrected chi connectivity index (χ2v) is 8.32. The third-order valence-electron chi connectivity index (χ3n) is 3.80. The molecule has 1 fully saturated rings. The number of hydrogen-bond donors (Lipinski definition) is 1. The molecule has 1 heterocycles. The number of carbonyl (C=O) groups is 1. The summed E-state index contributed by atoms with van der Waals surface area (Å²) in [5.41, 5.74) is 0. The maximum absolute atomic E-state index is 12.5. The Balaban J connectivity index is 1.98. The van der Waals surface area contributed by atoms with Crippen molar-refractivity contribution >= 4 is 15.9 Å². The largest absolute Gasteiger partial charge is 0.481 e. The monoisotopic (exact) mass is 370 g/mol. The van der Waals surface area contributed by atoms with Gasteiger partial charge in [-0.05, 0) is 37.1 Å². The SMILES string of the molecule is CC(C)CNC(=O)[C@H](C)Oc1ccc(S(=O)(=O)N2CCOCC2)cc1. The fraction of sp³-hybridized carbons (Fsp3) is 0.588. The molecule has 1 atom stereocenters. The summed E-state index contributed by atoms with van der Waals surface area (Å²) in [6, 6.07) is 6.14.